The molecule has 1 aromatic heterocycles. The van der Waals surface area contributed by atoms with Crippen LogP contribution >= 0.6 is 11.8 Å². The van der Waals surface area contributed by atoms with Crippen molar-refractivity contribution >= 4 is 17.7 Å². The zero-order valence-corrected chi connectivity index (χ0v) is 15.1. The molecule has 1 aliphatic rings. The van der Waals surface area contributed by atoms with E-state index in [2.05, 4.69) is 10.3 Å². The Kier molecular flexibility index (Phi) is 5.43. The van der Waals surface area contributed by atoms with E-state index in [0.29, 0.717) is 29.6 Å². The van der Waals surface area contributed by atoms with Gasteiger partial charge in [-0.2, -0.15) is 0 Å². The number of aromatic nitrogens is 2. The van der Waals surface area contributed by atoms with Crippen LogP contribution in [0.1, 0.15) is 23.7 Å². The van der Waals surface area contributed by atoms with Gasteiger partial charge in [-0.25, -0.2) is 4.98 Å². The molecule has 3 rings (SSSR count). The van der Waals surface area contributed by atoms with Crippen LogP contribution in [0.4, 0.5) is 0 Å². The normalized spacial score (nSPS) is 15.7. The van der Waals surface area contributed by atoms with Crippen molar-refractivity contribution in [3.63, 3.8) is 0 Å². The van der Waals surface area contributed by atoms with Crippen molar-refractivity contribution in [2.24, 2.45) is 0 Å². The first kappa shape index (κ1) is 17.5. The van der Waals surface area contributed by atoms with Crippen molar-refractivity contribution in [2.75, 3.05) is 19.4 Å². The molecular formula is C18H21N3O3S. The molecule has 0 bridgehead atoms. The van der Waals surface area contributed by atoms with Crippen LogP contribution < -0.4 is 15.6 Å². The standard InChI is InChI=1S/C18H21N3O3S/c1-12-8-17(23)21-14(11-25-18(21)20-12)10-16(22)19-7-6-13-4-3-5-15(9-13)24-2/h3-5,8-9,14H,6-7,10-11H2,1-2H3,(H,19,22). The molecule has 1 aliphatic heterocycles. The minimum Gasteiger partial charge on any atom is -0.497 e. The van der Waals surface area contributed by atoms with E-state index in [4.69, 9.17) is 4.74 Å². The highest BCUT2D eigenvalue weighted by Gasteiger charge is 2.27. The van der Waals surface area contributed by atoms with E-state index >= 15 is 0 Å². The molecule has 7 heteroatoms. The minimum atomic E-state index is -0.127. The van der Waals surface area contributed by atoms with Crippen molar-refractivity contribution < 1.29 is 9.53 Å². The van der Waals surface area contributed by atoms with Crippen LogP contribution in [0.3, 0.4) is 0 Å². The van der Waals surface area contributed by atoms with Crippen molar-refractivity contribution in [1.82, 2.24) is 14.9 Å². The Morgan fingerprint density at radius 2 is 2.28 bits per heavy atom. The molecule has 6 nitrogen and oxygen atoms in total. The minimum absolute atomic E-state index is 0.0474. The number of hydrogen-bond donors (Lipinski definition) is 1. The summed E-state index contributed by atoms with van der Waals surface area (Å²) in [6, 6.07) is 9.19. The largest absolute Gasteiger partial charge is 0.497 e. The van der Waals surface area contributed by atoms with Gasteiger partial charge < -0.3 is 10.1 Å². The van der Waals surface area contributed by atoms with E-state index in [9.17, 15) is 9.59 Å². The maximum absolute atomic E-state index is 12.2. The van der Waals surface area contributed by atoms with Crippen molar-refractivity contribution in [2.45, 2.75) is 31.0 Å². The second-order valence-electron chi connectivity index (χ2n) is 6.01. The van der Waals surface area contributed by atoms with Crippen molar-refractivity contribution in [3.05, 3.63) is 51.9 Å². The first-order chi connectivity index (χ1) is 12.1. The number of benzene rings is 1. The quantitative estimate of drug-likeness (QED) is 0.798. The molecular weight excluding hydrogens is 338 g/mol. The Labute approximate surface area is 150 Å². The molecule has 0 saturated carbocycles. The maximum Gasteiger partial charge on any atom is 0.254 e. The average molecular weight is 359 g/mol. The fourth-order valence-corrected chi connectivity index (χ4v) is 4.07. The molecule has 1 amide bonds. The van der Waals surface area contributed by atoms with Gasteiger partial charge in [-0.05, 0) is 31.0 Å². The van der Waals surface area contributed by atoms with Crippen LogP contribution in [0.25, 0.3) is 0 Å². The molecule has 132 valence electrons. The van der Waals surface area contributed by atoms with Crippen LogP contribution in [-0.4, -0.2) is 34.9 Å². The van der Waals surface area contributed by atoms with Gasteiger partial charge in [-0.3, -0.25) is 14.2 Å². The van der Waals surface area contributed by atoms with Crippen LogP contribution in [0.15, 0.2) is 40.3 Å². The predicted molar refractivity (Wildman–Crippen MR) is 97.3 cm³/mol. The molecule has 1 aromatic carbocycles. The lowest BCUT2D eigenvalue weighted by atomic mass is 10.1. The van der Waals surface area contributed by atoms with E-state index in [1.54, 1.807) is 18.6 Å². The molecule has 25 heavy (non-hydrogen) atoms. The third-order valence-electron chi connectivity index (χ3n) is 4.11. The number of aryl methyl sites for hydroxylation is 1. The van der Waals surface area contributed by atoms with E-state index < -0.39 is 0 Å². The highest BCUT2D eigenvalue weighted by Crippen LogP contribution is 2.31. The summed E-state index contributed by atoms with van der Waals surface area (Å²) in [5, 5.41) is 3.64. The Morgan fingerprint density at radius 3 is 3.08 bits per heavy atom. The van der Waals surface area contributed by atoms with Crippen LogP contribution in [-0.2, 0) is 11.2 Å². The molecule has 1 N–H and O–H groups in total. The number of thioether (sulfide) groups is 1. The molecule has 2 heterocycles. The SMILES string of the molecule is COc1cccc(CCNC(=O)CC2CSc3nc(C)cc(=O)n32)c1. The zero-order chi connectivity index (χ0) is 17.8. The number of ether oxygens (including phenoxy) is 1. The fourth-order valence-electron chi connectivity index (χ4n) is 2.87. The monoisotopic (exact) mass is 359 g/mol. The Bertz CT molecular complexity index is 835. The molecule has 1 unspecified atom stereocenters. The second kappa shape index (κ2) is 7.74. The van der Waals surface area contributed by atoms with Gasteiger partial charge in [0.1, 0.15) is 5.75 Å². The summed E-state index contributed by atoms with van der Waals surface area (Å²) in [5.74, 6) is 1.47. The molecule has 0 spiro atoms. The summed E-state index contributed by atoms with van der Waals surface area (Å²) in [6.07, 6.45) is 1.03. The smallest absolute Gasteiger partial charge is 0.254 e. The molecule has 2 aromatic rings. The van der Waals surface area contributed by atoms with Gasteiger partial charge in [-0.1, -0.05) is 23.9 Å². The summed E-state index contributed by atoms with van der Waals surface area (Å²) in [7, 11) is 1.64. The zero-order valence-electron chi connectivity index (χ0n) is 14.3. The third-order valence-corrected chi connectivity index (χ3v) is 5.21. The fraction of sp³-hybridized carbons (Fsp3) is 0.389. The molecule has 1 atom stereocenters. The van der Waals surface area contributed by atoms with Crippen LogP contribution in [0, 0.1) is 6.92 Å². The van der Waals surface area contributed by atoms with Crippen LogP contribution in [0.5, 0.6) is 5.75 Å². The number of nitrogens with zero attached hydrogens (tertiary/aromatic N) is 2. The van der Waals surface area contributed by atoms with Gasteiger partial charge >= 0.3 is 0 Å². The number of carbonyl (C=O) groups excluding carboxylic acids is 1. The first-order valence-electron chi connectivity index (χ1n) is 8.19. The number of nitrogens with one attached hydrogen (secondary N) is 1. The molecule has 0 radical (unpaired) electrons. The highest BCUT2D eigenvalue weighted by atomic mass is 32.2. The van der Waals surface area contributed by atoms with Crippen molar-refractivity contribution in [3.8, 4) is 5.75 Å². The van der Waals surface area contributed by atoms with Gasteiger partial charge in [0.05, 0.1) is 13.2 Å². The topological polar surface area (TPSA) is 73.2 Å². The number of methoxy groups -OCH3 is 1. The lowest BCUT2D eigenvalue weighted by Crippen LogP contribution is -2.31. The number of hydrogen-bond acceptors (Lipinski definition) is 5. The van der Waals surface area contributed by atoms with Gasteiger partial charge in [0.25, 0.3) is 5.56 Å². The van der Waals surface area contributed by atoms with E-state index in [-0.39, 0.29) is 17.5 Å². The maximum atomic E-state index is 12.2. The van der Waals surface area contributed by atoms with Gasteiger partial charge in [-0.15, -0.1) is 0 Å². The molecule has 0 saturated heterocycles. The Balaban J connectivity index is 1.53. The van der Waals surface area contributed by atoms with E-state index in [1.807, 2.05) is 24.3 Å². The lowest BCUT2D eigenvalue weighted by molar-refractivity contribution is -0.121. The third kappa shape index (κ3) is 4.22. The number of carbonyl (C=O) groups is 1. The average Bonchev–Trinajstić information content (AvgIpc) is 2.97. The van der Waals surface area contributed by atoms with Gasteiger partial charge in [0, 0.05) is 30.5 Å². The first-order valence-corrected chi connectivity index (χ1v) is 9.18. The summed E-state index contributed by atoms with van der Waals surface area (Å²) >= 11 is 1.53. The second-order valence-corrected chi connectivity index (χ2v) is 7.00. The summed E-state index contributed by atoms with van der Waals surface area (Å²) in [6.45, 7) is 2.36. The highest BCUT2D eigenvalue weighted by molar-refractivity contribution is 7.99. The number of fused-ring (bicyclic) bond motifs is 1. The van der Waals surface area contributed by atoms with Gasteiger partial charge in [0.15, 0.2) is 5.16 Å². The number of rotatable bonds is 6. The Hall–Kier alpha value is -2.28. The lowest BCUT2D eigenvalue weighted by Gasteiger charge is -2.13. The summed E-state index contributed by atoms with van der Waals surface area (Å²) in [5.41, 5.74) is 1.74. The predicted octanol–water partition coefficient (Wildman–Crippen LogP) is 1.96. The number of amides is 1. The molecule has 0 aliphatic carbocycles. The summed E-state index contributed by atoms with van der Waals surface area (Å²) < 4.78 is 6.83. The molecule has 0 fully saturated rings. The van der Waals surface area contributed by atoms with E-state index in [1.165, 1.54) is 17.8 Å². The van der Waals surface area contributed by atoms with Gasteiger partial charge in [0.2, 0.25) is 5.91 Å². The van der Waals surface area contributed by atoms with Crippen molar-refractivity contribution in [1.29, 1.82) is 0 Å². The van der Waals surface area contributed by atoms with Crippen LogP contribution in [0.2, 0.25) is 0 Å². The van der Waals surface area contributed by atoms with E-state index in [0.717, 1.165) is 17.7 Å². The summed E-state index contributed by atoms with van der Waals surface area (Å²) in [4.78, 5) is 28.7. The Morgan fingerprint density at radius 1 is 1.44 bits per heavy atom.